The number of aromatic nitrogens is 3. The highest BCUT2D eigenvalue weighted by atomic mass is 32.2. The Morgan fingerprint density at radius 3 is 2.76 bits per heavy atom. The molecule has 2 rings (SSSR count). The van der Waals surface area contributed by atoms with Crippen molar-refractivity contribution in [2.45, 2.75) is 18.1 Å². The first-order valence-electron chi connectivity index (χ1n) is 6.48. The van der Waals surface area contributed by atoms with E-state index in [1.54, 1.807) is 7.11 Å². The van der Waals surface area contributed by atoms with Gasteiger partial charge in [-0.15, -0.1) is 16.8 Å². The summed E-state index contributed by atoms with van der Waals surface area (Å²) in [6.45, 7) is 4.41. The quantitative estimate of drug-likeness (QED) is 0.446. The van der Waals surface area contributed by atoms with E-state index in [1.807, 2.05) is 34.9 Å². The van der Waals surface area contributed by atoms with Gasteiger partial charge in [-0.3, -0.25) is 4.57 Å². The summed E-state index contributed by atoms with van der Waals surface area (Å²) in [7, 11) is 1.64. The maximum absolute atomic E-state index is 8.62. The van der Waals surface area contributed by atoms with Crippen LogP contribution in [0.5, 0.6) is 5.75 Å². The predicted octanol–water partition coefficient (Wildman–Crippen LogP) is 3.15. The van der Waals surface area contributed by atoms with Crippen molar-refractivity contribution in [3.05, 3.63) is 36.9 Å². The van der Waals surface area contributed by atoms with Gasteiger partial charge in [-0.2, -0.15) is 5.26 Å². The Morgan fingerprint density at radius 1 is 1.38 bits per heavy atom. The molecule has 0 saturated carbocycles. The van der Waals surface area contributed by atoms with E-state index in [4.69, 9.17) is 10.00 Å². The number of nitriles is 1. The second-order valence-electron chi connectivity index (χ2n) is 4.19. The van der Waals surface area contributed by atoms with Gasteiger partial charge in [-0.1, -0.05) is 17.8 Å². The van der Waals surface area contributed by atoms with Crippen molar-refractivity contribution < 1.29 is 4.74 Å². The maximum Gasteiger partial charge on any atom is 0.191 e. The van der Waals surface area contributed by atoms with E-state index in [9.17, 15) is 0 Å². The Kier molecular flexibility index (Phi) is 5.41. The molecular formula is C15H16N4OS. The number of allylic oxidation sites excluding steroid dienone is 1. The molecule has 0 aliphatic rings. The number of ether oxygens (including phenoxy) is 1. The number of hydrogen-bond acceptors (Lipinski definition) is 5. The lowest BCUT2D eigenvalue weighted by molar-refractivity contribution is 0.415. The maximum atomic E-state index is 8.62. The number of hydrogen-bond donors (Lipinski definition) is 0. The van der Waals surface area contributed by atoms with Gasteiger partial charge < -0.3 is 4.74 Å². The zero-order chi connectivity index (χ0) is 15.1. The Bertz CT molecular complexity index is 643. The lowest BCUT2D eigenvalue weighted by Gasteiger charge is -2.07. The van der Waals surface area contributed by atoms with Crippen LogP contribution in [0.3, 0.4) is 0 Å². The second-order valence-corrected chi connectivity index (χ2v) is 5.25. The van der Waals surface area contributed by atoms with Gasteiger partial charge in [0.15, 0.2) is 11.0 Å². The molecule has 0 amide bonds. The van der Waals surface area contributed by atoms with Crippen LogP contribution < -0.4 is 4.74 Å². The number of nitrogens with zero attached hydrogens (tertiary/aromatic N) is 4. The molecule has 0 atom stereocenters. The van der Waals surface area contributed by atoms with Crippen molar-refractivity contribution in [3.8, 4) is 23.2 Å². The standard InChI is InChI=1S/C15H16N4OS/c1-3-10-19-14(12-5-7-13(20-2)8-6-12)17-18-15(19)21-11-4-9-16/h3,5-8H,1,4,10-11H2,2H3. The summed E-state index contributed by atoms with van der Waals surface area (Å²) < 4.78 is 7.16. The SMILES string of the molecule is C=CCn1c(SCCC#N)nnc1-c1ccc(OC)cc1. The van der Waals surface area contributed by atoms with Crippen molar-refractivity contribution in [2.75, 3.05) is 12.9 Å². The molecule has 0 aliphatic heterocycles. The van der Waals surface area contributed by atoms with Crippen LogP contribution >= 0.6 is 11.8 Å². The molecular weight excluding hydrogens is 284 g/mol. The van der Waals surface area contributed by atoms with E-state index < -0.39 is 0 Å². The first kappa shape index (κ1) is 15.1. The van der Waals surface area contributed by atoms with Crippen LogP contribution in [-0.4, -0.2) is 27.6 Å². The fourth-order valence-electron chi connectivity index (χ4n) is 1.83. The Balaban J connectivity index is 2.29. The van der Waals surface area contributed by atoms with Crippen molar-refractivity contribution in [1.82, 2.24) is 14.8 Å². The molecule has 0 N–H and O–H groups in total. The molecule has 1 aromatic heterocycles. The highest BCUT2D eigenvalue weighted by Gasteiger charge is 2.13. The van der Waals surface area contributed by atoms with E-state index in [0.717, 1.165) is 22.3 Å². The van der Waals surface area contributed by atoms with E-state index in [1.165, 1.54) is 11.8 Å². The molecule has 0 spiro atoms. The summed E-state index contributed by atoms with van der Waals surface area (Å²) in [6, 6.07) is 9.82. The molecule has 108 valence electrons. The summed E-state index contributed by atoms with van der Waals surface area (Å²) in [4.78, 5) is 0. The molecule has 0 unspecified atom stereocenters. The molecule has 1 heterocycles. The van der Waals surface area contributed by atoms with E-state index in [0.29, 0.717) is 18.7 Å². The molecule has 21 heavy (non-hydrogen) atoms. The predicted molar refractivity (Wildman–Crippen MR) is 83.2 cm³/mol. The molecule has 0 aliphatic carbocycles. The van der Waals surface area contributed by atoms with Crippen LogP contribution in [0.15, 0.2) is 42.1 Å². The molecule has 0 bridgehead atoms. The topological polar surface area (TPSA) is 63.7 Å². The van der Waals surface area contributed by atoms with Gasteiger partial charge in [-0.05, 0) is 24.3 Å². The molecule has 5 nitrogen and oxygen atoms in total. The fraction of sp³-hybridized carbons (Fsp3) is 0.267. The van der Waals surface area contributed by atoms with Gasteiger partial charge in [0.2, 0.25) is 0 Å². The number of benzene rings is 1. The first-order chi connectivity index (χ1) is 10.3. The zero-order valence-electron chi connectivity index (χ0n) is 11.8. The highest BCUT2D eigenvalue weighted by molar-refractivity contribution is 7.99. The van der Waals surface area contributed by atoms with Crippen LogP contribution in [-0.2, 0) is 6.54 Å². The van der Waals surface area contributed by atoms with Crippen LogP contribution in [0.1, 0.15) is 6.42 Å². The van der Waals surface area contributed by atoms with Gasteiger partial charge in [0, 0.05) is 24.3 Å². The fourth-order valence-corrected chi connectivity index (χ4v) is 2.62. The number of thioether (sulfide) groups is 1. The minimum atomic E-state index is 0.490. The summed E-state index contributed by atoms with van der Waals surface area (Å²) in [5.41, 5.74) is 0.970. The lowest BCUT2D eigenvalue weighted by atomic mass is 10.2. The minimum absolute atomic E-state index is 0.490. The average molecular weight is 300 g/mol. The molecule has 0 radical (unpaired) electrons. The van der Waals surface area contributed by atoms with Crippen molar-refractivity contribution >= 4 is 11.8 Å². The first-order valence-corrected chi connectivity index (χ1v) is 7.47. The third-order valence-electron chi connectivity index (χ3n) is 2.82. The molecule has 0 fully saturated rings. The summed E-state index contributed by atoms with van der Waals surface area (Å²) in [5.74, 6) is 2.29. The van der Waals surface area contributed by atoms with E-state index >= 15 is 0 Å². The minimum Gasteiger partial charge on any atom is -0.497 e. The average Bonchev–Trinajstić information content (AvgIpc) is 2.91. The zero-order valence-corrected chi connectivity index (χ0v) is 12.6. The molecule has 1 aromatic carbocycles. The van der Waals surface area contributed by atoms with Gasteiger partial charge in [-0.25, -0.2) is 0 Å². The van der Waals surface area contributed by atoms with E-state index in [2.05, 4.69) is 22.8 Å². The lowest BCUT2D eigenvalue weighted by Crippen LogP contribution is -2.00. The van der Waals surface area contributed by atoms with Gasteiger partial charge in [0.1, 0.15) is 5.75 Å². The Hall–Kier alpha value is -2.26. The summed E-state index contributed by atoms with van der Waals surface area (Å²) in [5, 5.41) is 17.9. The number of methoxy groups -OCH3 is 1. The molecule has 0 saturated heterocycles. The third kappa shape index (κ3) is 3.64. The molecule has 6 heteroatoms. The van der Waals surface area contributed by atoms with Crippen molar-refractivity contribution in [3.63, 3.8) is 0 Å². The third-order valence-corrected chi connectivity index (χ3v) is 3.79. The second kappa shape index (κ2) is 7.50. The number of rotatable bonds is 7. The van der Waals surface area contributed by atoms with E-state index in [-0.39, 0.29) is 0 Å². The van der Waals surface area contributed by atoms with Gasteiger partial charge in [0.25, 0.3) is 0 Å². The summed E-state index contributed by atoms with van der Waals surface area (Å²) in [6.07, 6.45) is 2.30. The smallest absolute Gasteiger partial charge is 0.191 e. The normalized spacial score (nSPS) is 10.1. The Labute approximate surface area is 128 Å². The Morgan fingerprint density at radius 2 is 2.14 bits per heavy atom. The van der Waals surface area contributed by atoms with Crippen LogP contribution in [0.25, 0.3) is 11.4 Å². The van der Waals surface area contributed by atoms with Crippen molar-refractivity contribution in [1.29, 1.82) is 5.26 Å². The van der Waals surface area contributed by atoms with Crippen LogP contribution in [0, 0.1) is 11.3 Å². The molecule has 2 aromatic rings. The largest absolute Gasteiger partial charge is 0.497 e. The van der Waals surface area contributed by atoms with Crippen LogP contribution in [0.4, 0.5) is 0 Å². The van der Waals surface area contributed by atoms with Gasteiger partial charge in [0.05, 0.1) is 13.2 Å². The van der Waals surface area contributed by atoms with Crippen LogP contribution in [0.2, 0.25) is 0 Å². The van der Waals surface area contributed by atoms with Crippen molar-refractivity contribution in [2.24, 2.45) is 0 Å². The highest BCUT2D eigenvalue weighted by Crippen LogP contribution is 2.25. The monoisotopic (exact) mass is 300 g/mol. The summed E-state index contributed by atoms with van der Waals surface area (Å²) >= 11 is 1.53. The van der Waals surface area contributed by atoms with Gasteiger partial charge >= 0.3 is 0 Å².